The third-order valence-corrected chi connectivity index (χ3v) is 7.16. The van der Waals surface area contributed by atoms with Crippen molar-refractivity contribution in [2.24, 2.45) is 5.92 Å². The number of amides is 3. The second-order valence-corrected chi connectivity index (χ2v) is 10.1. The molecule has 2 atom stereocenters. The highest BCUT2D eigenvalue weighted by Gasteiger charge is 2.47. The molecule has 7 nitrogen and oxygen atoms in total. The highest BCUT2D eigenvalue weighted by Crippen LogP contribution is 2.35. The first kappa shape index (κ1) is 23.1. The van der Waals surface area contributed by atoms with E-state index in [0.717, 1.165) is 24.0 Å². The van der Waals surface area contributed by atoms with Crippen LogP contribution in [0.5, 0.6) is 0 Å². The lowest BCUT2D eigenvalue weighted by atomic mass is 10.00. The number of benzene rings is 2. The van der Waals surface area contributed by atoms with Gasteiger partial charge in [0.1, 0.15) is 0 Å². The molecule has 0 bridgehead atoms. The average molecular weight is 490 g/mol. The maximum absolute atomic E-state index is 13.3. The van der Waals surface area contributed by atoms with E-state index in [9.17, 15) is 14.4 Å². The van der Waals surface area contributed by atoms with Crippen LogP contribution in [-0.2, 0) is 16.1 Å². The summed E-state index contributed by atoms with van der Waals surface area (Å²) in [5.41, 5.74) is 3.35. The van der Waals surface area contributed by atoms with Crippen LogP contribution in [0, 0.1) is 12.8 Å². The van der Waals surface area contributed by atoms with Crippen LogP contribution < -0.4 is 10.6 Å². The molecule has 5 rings (SSSR count). The molecule has 1 saturated heterocycles. The maximum Gasteiger partial charge on any atom is 0.411 e. The van der Waals surface area contributed by atoms with Crippen LogP contribution in [0.3, 0.4) is 0 Å². The number of ether oxygens (including phenoxy) is 1. The minimum absolute atomic E-state index is 0.179. The first-order valence-corrected chi connectivity index (χ1v) is 12.6. The fraction of sp³-hybridized carbons (Fsp3) is 0.296. The number of carbonyl (C=O) groups is 3. The molecule has 1 aliphatic heterocycles. The molecule has 1 saturated carbocycles. The van der Waals surface area contributed by atoms with Gasteiger partial charge in [-0.2, -0.15) is 0 Å². The van der Waals surface area contributed by atoms with Crippen molar-refractivity contribution < 1.29 is 19.1 Å². The van der Waals surface area contributed by atoms with E-state index in [-0.39, 0.29) is 18.4 Å². The molecule has 2 heterocycles. The summed E-state index contributed by atoms with van der Waals surface area (Å²) in [6.45, 7) is 2.89. The minimum Gasteiger partial charge on any atom is -0.438 e. The summed E-state index contributed by atoms with van der Waals surface area (Å²) in [6, 6.07) is 17.8. The molecule has 2 N–H and O–H groups in total. The Morgan fingerprint density at radius 2 is 1.89 bits per heavy atom. The van der Waals surface area contributed by atoms with Crippen LogP contribution in [0.1, 0.15) is 45.3 Å². The summed E-state index contributed by atoms with van der Waals surface area (Å²) in [6.07, 6.45) is 0.983. The fourth-order valence-corrected chi connectivity index (χ4v) is 4.86. The van der Waals surface area contributed by atoms with Crippen molar-refractivity contribution in [3.05, 3.63) is 87.6 Å². The Morgan fingerprint density at radius 1 is 1.09 bits per heavy atom. The highest BCUT2D eigenvalue weighted by molar-refractivity contribution is 7.12. The zero-order valence-corrected chi connectivity index (χ0v) is 20.2. The summed E-state index contributed by atoms with van der Waals surface area (Å²) in [7, 11) is 0. The number of nitrogens with zero attached hydrogens (tertiary/aromatic N) is 1. The molecule has 35 heavy (non-hydrogen) atoms. The van der Waals surface area contributed by atoms with Crippen LogP contribution in [0.15, 0.2) is 66.0 Å². The van der Waals surface area contributed by atoms with Crippen LogP contribution in [0.25, 0.3) is 0 Å². The standard InChI is InChI=1S/C27H27N3O4S/c1-17-4-2-5-19(14-17)16-30-23(26(32)28-15-18-7-8-18)24(34-27(30)33)20-9-11-21(12-10-20)29-25(31)22-6-3-13-35-22/h2-6,9-14,18,23-24H,7-8,15-16H2,1H3,(H,28,32)(H,29,31)/t23-,24-/m0/s1. The second kappa shape index (κ2) is 9.92. The van der Waals surface area contributed by atoms with Crippen LogP contribution in [0.2, 0.25) is 0 Å². The number of cyclic esters (lactones) is 1. The van der Waals surface area contributed by atoms with Crippen molar-refractivity contribution in [1.29, 1.82) is 0 Å². The summed E-state index contributed by atoms with van der Waals surface area (Å²) in [4.78, 5) is 40.7. The first-order valence-electron chi connectivity index (χ1n) is 11.7. The molecular weight excluding hydrogens is 462 g/mol. The molecule has 1 aliphatic carbocycles. The Morgan fingerprint density at radius 3 is 2.57 bits per heavy atom. The van der Waals surface area contributed by atoms with Crippen LogP contribution in [0.4, 0.5) is 10.5 Å². The Bertz CT molecular complexity index is 1220. The number of anilines is 1. The molecule has 2 fully saturated rings. The quantitative estimate of drug-likeness (QED) is 0.471. The van der Waals surface area contributed by atoms with Gasteiger partial charge in [-0.1, -0.05) is 48.0 Å². The van der Waals surface area contributed by atoms with Gasteiger partial charge in [-0.3, -0.25) is 14.5 Å². The van der Waals surface area contributed by atoms with Crippen molar-refractivity contribution in [2.75, 3.05) is 11.9 Å². The average Bonchev–Trinajstić information content (AvgIpc) is 3.39. The lowest BCUT2D eigenvalue weighted by Gasteiger charge is -2.24. The predicted octanol–water partition coefficient (Wildman–Crippen LogP) is 4.90. The lowest BCUT2D eigenvalue weighted by molar-refractivity contribution is -0.126. The van der Waals surface area contributed by atoms with E-state index in [1.54, 1.807) is 30.3 Å². The van der Waals surface area contributed by atoms with Gasteiger partial charge >= 0.3 is 6.09 Å². The predicted molar refractivity (Wildman–Crippen MR) is 134 cm³/mol. The van der Waals surface area contributed by atoms with E-state index in [2.05, 4.69) is 10.6 Å². The molecule has 0 spiro atoms. The first-order chi connectivity index (χ1) is 17.0. The molecule has 8 heteroatoms. The van der Waals surface area contributed by atoms with Gasteiger partial charge in [-0.05, 0) is 60.4 Å². The molecule has 0 unspecified atom stereocenters. The van der Waals surface area contributed by atoms with Crippen molar-refractivity contribution in [1.82, 2.24) is 10.2 Å². The third kappa shape index (κ3) is 5.38. The number of aryl methyl sites for hydroxylation is 1. The van der Waals surface area contributed by atoms with Crippen LogP contribution in [-0.4, -0.2) is 35.4 Å². The molecule has 2 aliphatic rings. The summed E-state index contributed by atoms with van der Waals surface area (Å²) in [5.74, 6) is 0.129. The minimum atomic E-state index is -0.784. The van der Waals surface area contributed by atoms with Gasteiger partial charge in [0.25, 0.3) is 5.91 Å². The van der Waals surface area contributed by atoms with E-state index in [4.69, 9.17) is 4.74 Å². The summed E-state index contributed by atoms with van der Waals surface area (Å²) >= 11 is 1.37. The third-order valence-electron chi connectivity index (χ3n) is 6.29. The van der Waals surface area contributed by atoms with E-state index in [1.807, 2.05) is 42.6 Å². The zero-order valence-electron chi connectivity index (χ0n) is 19.4. The monoisotopic (exact) mass is 489 g/mol. The van der Waals surface area contributed by atoms with Gasteiger partial charge in [-0.25, -0.2) is 4.79 Å². The van der Waals surface area contributed by atoms with Gasteiger partial charge in [0.2, 0.25) is 5.91 Å². The van der Waals surface area contributed by atoms with E-state index in [0.29, 0.717) is 28.6 Å². The topological polar surface area (TPSA) is 87.7 Å². The van der Waals surface area contributed by atoms with Gasteiger partial charge in [0.05, 0.1) is 11.4 Å². The van der Waals surface area contributed by atoms with Gasteiger partial charge < -0.3 is 15.4 Å². The maximum atomic E-state index is 13.3. The second-order valence-electron chi connectivity index (χ2n) is 9.11. The Labute approximate surface area is 208 Å². The number of thiophene rings is 1. The largest absolute Gasteiger partial charge is 0.438 e. The molecular formula is C27H27N3O4S. The van der Waals surface area contributed by atoms with Gasteiger partial charge in [0, 0.05) is 12.2 Å². The molecule has 1 aromatic heterocycles. The summed E-state index contributed by atoms with van der Waals surface area (Å²) < 4.78 is 5.74. The number of rotatable bonds is 8. The SMILES string of the molecule is Cc1cccc(CN2C(=O)O[C@@H](c3ccc(NC(=O)c4cccs4)cc3)[C@H]2C(=O)NCC2CC2)c1. The molecule has 0 radical (unpaired) electrons. The summed E-state index contributed by atoms with van der Waals surface area (Å²) in [5, 5.41) is 7.73. The van der Waals surface area contributed by atoms with Crippen molar-refractivity contribution >= 4 is 34.9 Å². The van der Waals surface area contributed by atoms with Crippen molar-refractivity contribution in [2.45, 2.75) is 38.5 Å². The fourth-order valence-electron chi connectivity index (χ4n) is 4.25. The van der Waals surface area contributed by atoms with E-state index < -0.39 is 18.2 Å². The Balaban J connectivity index is 1.36. The van der Waals surface area contributed by atoms with Crippen molar-refractivity contribution in [3.63, 3.8) is 0 Å². The van der Waals surface area contributed by atoms with E-state index in [1.165, 1.54) is 16.2 Å². The normalized spacial score (nSPS) is 19.3. The zero-order chi connectivity index (χ0) is 24.4. The highest BCUT2D eigenvalue weighted by atomic mass is 32.1. The molecule has 180 valence electrons. The smallest absolute Gasteiger partial charge is 0.411 e. The molecule has 3 aromatic rings. The number of hydrogen-bond donors (Lipinski definition) is 2. The van der Waals surface area contributed by atoms with Crippen LogP contribution >= 0.6 is 11.3 Å². The lowest BCUT2D eigenvalue weighted by Crippen LogP contribution is -2.46. The Kier molecular flexibility index (Phi) is 6.55. The number of nitrogens with one attached hydrogen (secondary N) is 2. The number of hydrogen-bond acceptors (Lipinski definition) is 5. The molecule has 3 amide bonds. The van der Waals surface area contributed by atoms with Crippen molar-refractivity contribution in [3.8, 4) is 0 Å². The van der Waals surface area contributed by atoms with Gasteiger partial charge in [-0.15, -0.1) is 11.3 Å². The van der Waals surface area contributed by atoms with E-state index >= 15 is 0 Å². The Hall–Kier alpha value is -3.65. The van der Waals surface area contributed by atoms with Gasteiger partial charge in [0.15, 0.2) is 12.1 Å². The number of carbonyl (C=O) groups excluding carboxylic acids is 3. The molecule has 2 aromatic carbocycles.